The fourth-order valence-electron chi connectivity index (χ4n) is 3.12. The number of aromatic amines is 1. The van der Waals surface area contributed by atoms with Crippen LogP contribution >= 0.6 is 23.6 Å². The lowest BCUT2D eigenvalue weighted by atomic mass is 9.88. The SMILES string of the molecule is S=c1[nH]nc(-c2cccs2)n1C1CCc2ccccc2C1. The van der Waals surface area contributed by atoms with Gasteiger partial charge >= 0.3 is 0 Å². The number of aryl methyl sites for hydroxylation is 1. The summed E-state index contributed by atoms with van der Waals surface area (Å²) >= 11 is 7.18. The summed E-state index contributed by atoms with van der Waals surface area (Å²) in [4.78, 5) is 1.17. The van der Waals surface area contributed by atoms with Crippen LogP contribution in [-0.4, -0.2) is 14.8 Å². The largest absolute Gasteiger partial charge is 0.296 e. The van der Waals surface area contributed by atoms with E-state index >= 15 is 0 Å². The highest BCUT2D eigenvalue weighted by Gasteiger charge is 2.23. The molecule has 0 aliphatic heterocycles. The van der Waals surface area contributed by atoms with Crippen LogP contribution in [0.4, 0.5) is 0 Å². The van der Waals surface area contributed by atoms with Crippen molar-refractivity contribution >= 4 is 23.6 Å². The number of nitrogens with zero attached hydrogens (tertiary/aromatic N) is 2. The number of aromatic nitrogens is 3. The second-order valence-corrected chi connectivity index (χ2v) is 6.70. The first-order valence-electron chi connectivity index (χ1n) is 7.10. The molecule has 1 unspecified atom stereocenters. The summed E-state index contributed by atoms with van der Waals surface area (Å²) in [6.07, 6.45) is 3.25. The third-order valence-electron chi connectivity index (χ3n) is 4.13. The highest BCUT2D eigenvalue weighted by molar-refractivity contribution is 7.71. The molecule has 4 rings (SSSR count). The Morgan fingerprint density at radius 2 is 2.05 bits per heavy atom. The van der Waals surface area contributed by atoms with Crippen LogP contribution in [0.5, 0.6) is 0 Å². The van der Waals surface area contributed by atoms with Crippen molar-refractivity contribution in [2.24, 2.45) is 0 Å². The normalized spacial score (nSPS) is 17.6. The maximum absolute atomic E-state index is 5.48. The molecule has 1 atom stereocenters. The van der Waals surface area contributed by atoms with Gasteiger partial charge in [-0.2, -0.15) is 5.10 Å². The minimum Gasteiger partial charge on any atom is -0.296 e. The van der Waals surface area contributed by atoms with Crippen LogP contribution in [0.3, 0.4) is 0 Å². The Morgan fingerprint density at radius 3 is 2.86 bits per heavy atom. The molecule has 1 N–H and O–H groups in total. The minimum atomic E-state index is 0.392. The molecule has 0 fully saturated rings. The standard InChI is InChI=1S/C16H15N3S2/c20-16-18-17-15(14-6-3-9-21-14)19(16)13-8-7-11-4-1-2-5-12(11)10-13/h1-6,9,13H,7-8,10H2,(H,18,20). The molecular formula is C16H15N3S2. The van der Waals surface area contributed by atoms with Crippen molar-refractivity contribution in [1.29, 1.82) is 0 Å². The van der Waals surface area contributed by atoms with Gasteiger partial charge in [0.05, 0.1) is 4.88 Å². The number of rotatable bonds is 2. The Balaban J connectivity index is 1.76. The molecular weight excluding hydrogens is 298 g/mol. The zero-order valence-corrected chi connectivity index (χ0v) is 13.1. The van der Waals surface area contributed by atoms with Crippen molar-refractivity contribution in [3.8, 4) is 10.7 Å². The molecule has 21 heavy (non-hydrogen) atoms. The van der Waals surface area contributed by atoms with E-state index in [0.29, 0.717) is 6.04 Å². The van der Waals surface area contributed by atoms with Crippen molar-refractivity contribution in [1.82, 2.24) is 14.8 Å². The molecule has 2 heterocycles. The molecule has 0 spiro atoms. The first-order chi connectivity index (χ1) is 10.3. The van der Waals surface area contributed by atoms with Gasteiger partial charge < -0.3 is 0 Å². The molecule has 1 aliphatic rings. The Kier molecular flexibility index (Phi) is 3.24. The molecule has 3 aromatic rings. The molecule has 0 bridgehead atoms. The first-order valence-corrected chi connectivity index (χ1v) is 8.39. The van der Waals surface area contributed by atoms with Gasteiger partial charge in [-0.15, -0.1) is 11.3 Å². The lowest BCUT2D eigenvalue weighted by molar-refractivity contribution is 0.441. The van der Waals surface area contributed by atoms with E-state index < -0.39 is 0 Å². The molecule has 2 aromatic heterocycles. The smallest absolute Gasteiger partial charge is 0.195 e. The number of hydrogen-bond donors (Lipinski definition) is 1. The van der Waals surface area contributed by atoms with Crippen molar-refractivity contribution in [3.63, 3.8) is 0 Å². The third-order valence-corrected chi connectivity index (χ3v) is 5.29. The molecule has 0 saturated heterocycles. The topological polar surface area (TPSA) is 33.6 Å². The second kappa shape index (κ2) is 5.24. The number of fused-ring (bicyclic) bond motifs is 1. The van der Waals surface area contributed by atoms with Crippen molar-refractivity contribution < 1.29 is 0 Å². The van der Waals surface area contributed by atoms with Gasteiger partial charge in [0, 0.05) is 6.04 Å². The second-order valence-electron chi connectivity index (χ2n) is 5.37. The van der Waals surface area contributed by atoms with Gasteiger partial charge in [-0.05, 0) is 54.1 Å². The van der Waals surface area contributed by atoms with E-state index in [1.165, 1.54) is 16.0 Å². The summed E-state index contributed by atoms with van der Waals surface area (Å²) in [6, 6.07) is 13.3. The van der Waals surface area contributed by atoms with E-state index in [4.69, 9.17) is 12.2 Å². The summed E-state index contributed by atoms with van der Waals surface area (Å²) < 4.78 is 2.93. The summed E-state index contributed by atoms with van der Waals surface area (Å²) in [5.74, 6) is 0.972. The molecule has 0 amide bonds. The van der Waals surface area contributed by atoms with Crippen molar-refractivity contribution in [2.75, 3.05) is 0 Å². The van der Waals surface area contributed by atoms with Crippen LogP contribution in [0.1, 0.15) is 23.6 Å². The Morgan fingerprint density at radius 1 is 1.19 bits per heavy atom. The van der Waals surface area contributed by atoms with Gasteiger partial charge in [0.15, 0.2) is 10.6 Å². The summed E-state index contributed by atoms with van der Waals surface area (Å²) in [6.45, 7) is 0. The number of thiophene rings is 1. The highest BCUT2D eigenvalue weighted by Crippen LogP contribution is 2.33. The van der Waals surface area contributed by atoms with Gasteiger partial charge in [0.25, 0.3) is 0 Å². The van der Waals surface area contributed by atoms with E-state index in [9.17, 15) is 0 Å². The summed E-state index contributed by atoms with van der Waals surface area (Å²) in [7, 11) is 0. The van der Waals surface area contributed by atoms with E-state index in [2.05, 4.69) is 56.5 Å². The van der Waals surface area contributed by atoms with Crippen LogP contribution in [0.25, 0.3) is 10.7 Å². The molecule has 3 nitrogen and oxygen atoms in total. The average molecular weight is 313 g/mol. The van der Waals surface area contributed by atoms with Crippen molar-refractivity contribution in [3.05, 3.63) is 57.7 Å². The van der Waals surface area contributed by atoms with E-state index in [-0.39, 0.29) is 0 Å². The van der Waals surface area contributed by atoms with E-state index in [1.807, 2.05) is 0 Å². The van der Waals surface area contributed by atoms with E-state index in [0.717, 1.165) is 29.9 Å². The van der Waals surface area contributed by atoms with Crippen LogP contribution in [-0.2, 0) is 12.8 Å². The molecule has 0 saturated carbocycles. The summed E-state index contributed by atoms with van der Waals surface area (Å²) in [5.41, 5.74) is 2.91. The molecule has 1 aromatic carbocycles. The average Bonchev–Trinajstić information content (AvgIpc) is 3.16. The lowest BCUT2D eigenvalue weighted by Gasteiger charge is -2.26. The molecule has 106 valence electrons. The number of nitrogens with one attached hydrogen (secondary N) is 1. The molecule has 1 aliphatic carbocycles. The zero-order valence-electron chi connectivity index (χ0n) is 11.5. The zero-order chi connectivity index (χ0) is 14.2. The Bertz CT molecular complexity index is 814. The van der Waals surface area contributed by atoms with Crippen LogP contribution in [0, 0.1) is 4.77 Å². The fraction of sp³-hybridized carbons (Fsp3) is 0.250. The Hall–Kier alpha value is -1.72. The van der Waals surface area contributed by atoms with Gasteiger partial charge in [0.1, 0.15) is 0 Å². The van der Waals surface area contributed by atoms with E-state index in [1.54, 1.807) is 11.3 Å². The number of H-pyrrole nitrogens is 1. The lowest BCUT2D eigenvalue weighted by Crippen LogP contribution is -2.19. The highest BCUT2D eigenvalue weighted by atomic mass is 32.1. The summed E-state index contributed by atoms with van der Waals surface area (Å²) in [5, 5.41) is 9.49. The van der Waals surface area contributed by atoms with Crippen molar-refractivity contribution in [2.45, 2.75) is 25.3 Å². The van der Waals surface area contributed by atoms with Gasteiger partial charge in [-0.25, -0.2) is 0 Å². The molecule has 5 heteroatoms. The fourth-order valence-corrected chi connectivity index (χ4v) is 4.11. The predicted octanol–water partition coefficient (Wildman–Crippen LogP) is 4.40. The third kappa shape index (κ3) is 2.26. The van der Waals surface area contributed by atoms with Crippen LogP contribution in [0.2, 0.25) is 0 Å². The van der Waals surface area contributed by atoms with Crippen LogP contribution < -0.4 is 0 Å². The molecule has 0 radical (unpaired) electrons. The number of benzene rings is 1. The maximum Gasteiger partial charge on any atom is 0.195 e. The monoisotopic (exact) mass is 313 g/mol. The quantitative estimate of drug-likeness (QED) is 0.711. The Labute approximate surface area is 132 Å². The van der Waals surface area contributed by atoms with Gasteiger partial charge in [-0.3, -0.25) is 9.67 Å². The van der Waals surface area contributed by atoms with Crippen LogP contribution in [0.15, 0.2) is 41.8 Å². The van der Waals surface area contributed by atoms with Gasteiger partial charge in [0.2, 0.25) is 0 Å². The number of hydrogen-bond acceptors (Lipinski definition) is 3. The van der Waals surface area contributed by atoms with Gasteiger partial charge in [-0.1, -0.05) is 30.3 Å². The first kappa shape index (κ1) is 13.0. The predicted molar refractivity (Wildman–Crippen MR) is 88.2 cm³/mol. The maximum atomic E-state index is 5.48. The minimum absolute atomic E-state index is 0.392.